The lowest BCUT2D eigenvalue weighted by Gasteiger charge is -2.45. The van der Waals surface area contributed by atoms with Crippen LogP contribution in [0.15, 0.2) is 334 Å². The van der Waals surface area contributed by atoms with Gasteiger partial charge in [0.25, 0.3) is 6.71 Å². The zero-order valence-corrected chi connectivity index (χ0v) is 48.6. The van der Waals surface area contributed by atoms with E-state index in [4.69, 9.17) is 0 Å². The van der Waals surface area contributed by atoms with Crippen molar-refractivity contribution in [3.8, 4) is 67.0 Å². The molecule has 89 heavy (non-hydrogen) atoms. The Hall–Kier alpha value is -11.7. The van der Waals surface area contributed by atoms with Crippen molar-refractivity contribution in [2.24, 2.45) is 0 Å². The van der Waals surface area contributed by atoms with Gasteiger partial charge in [-0.05, 0) is 128 Å². The Morgan fingerprint density at radius 1 is 0.225 bits per heavy atom. The smallest absolute Gasteiger partial charge is 0.252 e. The maximum absolute atomic E-state index is 2.65. The minimum absolute atomic E-state index is 0.182. The van der Waals surface area contributed by atoms with Crippen molar-refractivity contribution in [1.29, 1.82) is 0 Å². The van der Waals surface area contributed by atoms with Gasteiger partial charge in [0.1, 0.15) is 0 Å². The average Bonchev–Trinajstić information content (AvgIpc) is 1.68. The molecule has 4 nitrogen and oxygen atoms in total. The lowest BCUT2D eigenvalue weighted by Crippen LogP contribution is -2.61. The first kappa shape index (κ1) is 50.6. The van der Waals surface area contributed by atoms with Gasteiger partial charge < -0.3 is 18.9 Å². The summed E-state index contributed by atoms with van der Waals surface area (Å²) in [4.78, 5) is 5.22. The summed E-state index contributed by atoms with van der Waals surface area (Å²) >= 11 is 0. The molecule has 0 spiro atoms. The molecule has 2 aromatic heterocycles. The molecule has 0 bridgehead atoms. The second kappa shape index (κ2) is 20.5. The molecule has 0 unspecified atom stereocenters. The van der Waals surface area contributed by atoms with Crippen LogP contribution in [0, 0.1) is 0 Å². The molecule has 0 saturated carbocycles. The second-order valence-corrected chi connectivity index (χ2v) is 23.5. The number of hydrogen-bond donors (Lipinski definition) is 0. The molecular formula is C84H55BN4. The number of fused-ring (bicyclic) bond motifs is 11. The number of nitrogens with zero attached hydrogens (tertiary/aromatic N) is 4. The topological polar surface area (TPSA) is 16.3 Å². The maximum atomic E-state index is 2.65. The third-order valence-corrected chi connectivity index (χ3v) is 18.7. The minimum atomic E-state index is -0.182. The van der Waals surface area contributed by atoms with Gasteiger partial charge in [-0.25, -0.2) is 0 Å². The summed E-state index contributed by atoms with van der Waals surface area (Å²) in [6.45, 7) is -0.182. The largest absolute Gasteiger partial charge is 0.311 e. The third kappa shape index (κ3) is 8.02. The molecule has 4 heterocycles. The molecule has 0 atom stereocenters. The van der Waals surface area contributed by atoms with Crippen LogP contribution in [0.1, 0.15) is 0 Å². The highest BCUT2D eigenvalue weighted by Gasteiger charge is 2.45. The number of benzene rings is 14. The predicted octanol–water partition coefficient (Wildman–Crippen LogP) is 20.3. The predicted molar refractivity (Wildman–Crippen MR) is 376 cm³/mol. The Kier molecular flexibility index (Phi) is 11.7. The van der Waals surface area contributed by atoms with Gasteiger partial charge in [-0.3, -0.25) is 0 Å². The Morgan fingerprint density at radius 2 is 0.663 bits per heavy atom. The van der Waals surface area contributed by atoms with Crippen LogP contribution < -0.4 is 26.2 Å². The normalized spacial score (nSPS) is 12.4. The van der Waals surface area contributed by atoms with E-state index in [9.17, 15) is 0 Å². The molecule has 18 rings (SSSR count). The number of anilines is 6. The van der Waals surface area contributed by atoms with Crippen LogP contribution in [0.25, 0.3) is 111 Å². The summed E-state index contributed by atoms with van der Waals surface area (Å²) < 4.78 is 5.08. The van der Waals surface area contributed by atoms with Gasteiger partial charge in [0.05, 0.1) is 39.1 Å². The van der Waals surface area contributed by atoms with Crippen molar-refractivity contribution >= 4 is 101 Å². The minimum Gasteiger partial charge on any atom is -0.311 e. The van der Waals surface area contributed by atoms with Gasteiger partial charge in [-0.2, -0.15) is 0 Å². The third-order valence-electron chi connectivity index (χ3n) is 18.7. The van der Waals surface area contributed by atoms with Crippen molar-refractivity contribution < 1.29 is 0 Å². The molecule has 5 heteroatoms. The van der Waals surface area contributed by atoms with Gasteiger partial charge in [-0.1, -0.05) is 267 Å². The van der Waals surface area contributed by atoms with Gasteiger partial charge in [0.15, 0.2) is 0 Å². The Morgan fingerprint density at radius 3 is 1.25 bits per heavy atom. The molecule has 414 valence electrons. The number of hydrogen-bond acceptors (Lipinski definition) is 2. The Bertz CT molecular complexity index is 5310. The van der Waals surface area contributed by atoms with E-state index in [0.717, 1.165) is 95.3 Å². The summed E-state index contributed by atoms with van der Waals surface area (Å²) in [6.07, 6.45) is 0. The van der Waals surface area contributed by atoms with Gasteiger partial charge in [-0.15, -0.1) is 0 Å². The van der Waals surface area contributed by atoms with Crippen LogP contribution >= 0.6 is 0 Å². The molecule has 16 aromatic rings. The first-order chi connectivity index (χ1) is 44.2. The Labute approximate surface area is 517 Å². The molecule has 0 saturated heterocycles. The molecule has 2 aliphatic heterocycles. The number of aromatic nitrogens is 2. The van der Waals surface area contributed by atoms with Gasteiger partial charge in [0.2, 0.25) is 0 Å². The second-order valence-electron chi connectivity index (χ2n) is 23.5. The fourth-order valence-electron chi connectivity index (χ4n) is 14.8. The van der Waals surface area contributed by atoms with Crippen molar-refractivity contribution in [3.63, 3.8) is 0 Å². The van der Waals surface area contributed by atoms with E-state index in [1.165, 1.54) is 65.9 Å². The van der Waals surface area contributed by atoms with Crippen molar-refractivity contribution in [2.75, 3.05) is 9.80 Å². The molecule has 0 aliphatic carbocycles. The molecule has 0 amide bonds. The van der Waals surface area contributed by atoms with Crippen molar-refractivity contribution in [3.05, 3.63) is 334 Å². The zero-order valence-electron chi connectivity index (χ0n) is 48.6. The van der Waals surface area contributed by atoms with E-state index >= 15 is 0 Å². The zero-order chi connectivity index (χ0) is 58.5. The van der Waals surface area contributed by atoms with Crippen molar-refractivity contribution in [2.45, 2.75) is 0 Å². The molecule has 2 aliphatic rings. The lowest BCUT2D eigenvalue weighted by atomic mass is 9.33. The summed E-state index contributed by atoms with van der Waals surface area (Å²) in [5.74, 6) is 0. The number of rotatable bonds is 9. The summed E-state index contributed by atoms with van der Waals surface area (Å²) in [5, 5.41) is 4.82. The van der Waals surface area contributed by atoms with Crippen LogP contribution in [-0.2, 0) is 0 Å². The average molecular weight is 1130 g/mol. The standard InChI is InChI=1S/C84H55BN4/c1-6-24-56(25-7-1)59-44-47-64(48-45-59)86-78-53-63(58-28-10-3-11-29-58)46-49-72(78)85-73-50-51-77-81(71-38-18-21-43-76(71)89(77)83-67(60-30-12-4-13-31-60)39-23-40-68(83)61-32-14-5-15-33-61)84(73)88(65-35-22-34-62(52-65)57-26-8-2-9-27-57)80-55-66(54-79(86)82(80)85)87-74-41-19-16-36-69(74)70-37-17-20-42-75(70)87/h1-55H. The first-order valence-corrected chi connectivity index (χ1v) is 30.8. The maximum Gasteiger partial charge on any atom is 0.252 e. The highest BCUT2D eigenvalue weighted by Crippen LogP contribution is 2.52. The van der Waals surface area contributed by atoms with Crippen LogP contribution in [0.2, 0.25) is 0 Å². The van der Waals surface area contributed by atoms with E-state index in [1.807, 2.05) is 0 Å². The van der Waals surface area contributed by atoms with Crippen LogP contribution in [0.4, 0.5) is 34.1 Å². The van der Waals surface area contributed by atoms with E-state index < -0.39 is 0 Å². The lowest BCUT2D eigenvalue weighted by molar-refractivity contribution is 1.16. The first-order valence-electron chi connectivity index (χ1n) is 30.8. The monoisotopic (exact) mass is 1130 g/mol. The fraction of sp³-hybridized carbons (Fsp3) is 0. The molecule has 0 radical (unpaired) electrons. The quantitative estimate of drug-likeness (QED) is 0.134. The highest BCUT2D eigenvalue weighted by atomic mass is 15.2. The van der Waals surface area contributed by atoms with Crippen molar-refractivity contribution in [1.82, 2.24) is 9.13 Å². The fourth-order valence-corrected chi connectivity index (χ4v) is 14.8. The van der Waals surface area contributed by atoms with Crippen LogP contribution in [0.3, 0.4) is 0 Å². The summed E-state index contributed by atoms with van der Waals surface area (Å²) in [5.41, 5.74) is 29.0. The number of para-hydroxylation sites is 4. The van der Waals surface area contributed by atoms with E-state index in [1.54, 1.807) is 0 Å². The van der Waals surface area contributed by atoms with E-state index in [0.29, 0.717) is 0 Å². The highest BCUT2D eigenvalue weighted by molar-refractivity contribution is 7.00. The van der Waals surface area contributed by atoms with Gasteiger partial charge >= 0.3 is 0 Å². The molecule has 0 N–H and O–H groups in total. The van der Waals surface area contributed by atoms with E-state index in [2.05, 4.69) is 353 Å². The van der Waals surface area contributed by atoms with E-state index in [-0.39, 0.29) is 6.71 Å². The van der Waals surface area contributed by atoms with Gasteiger partial charge in [0, 0.05) is 61.1 Å². The van der Waals surface area contributed by atoms with Crippen LogP contribution in [-0.4, -0.2) is 15.8 Å². The Balaban J connectivity index is 1.00. The SMILES string of the molecule is c1ccc(-c2ccc(N3c4cc(-c5ccccc5)ccc4B4c5ccc6c(c5N(c5cccc(-c7ccccc7)c5)c5cc(-n7c8ccccc8c8ccccc87)cc3c54)c3ccccc3n6-c3c(-c4ccccc4)cccc3-c3ccccc3)cc2)cc1. The van der Waals surface area contributed by atoms with Crippen LogP contribution in [0.5, 0.6) is 0 Å². The summed E-state index contributed by atoms with van der Waals surface area (Å²) in [6, 6.07) is 124. The molecular weight excluding hydrogens is 1080 g/mol. The summed E-state index contributed by atoms with van der Waals surface area (Å²) in [7, 11) is 0. The molecule has 0 fully saturated rings. The molecule has 14 aromatic carbocycles.